The van der Waals surface area contributed by atoms with Gasteiger partial charge in [0.1, 0.15) is 0 Å². The van der Waals surface area contributed by atoms with Crippen molar-refractivity contribution >= 4 is 34.8 Å². The van der Waals surface area contributed by atoms with E-state index >= 15 is 0 Å². The zero-order valence-corrected chi connectivity index (χ0v) is 8.13. The van der Waals surface area contributed by atoms with E-state index in [2.05, 4.69) is 0 Å². The molecule has 0 aliphatic rings. The van der Waals surface area contributed by atoms with Crippen LogP contribution in [0.15, 0.2) is 12.1 Å². The first-order chi connectivity index (χ1) is 5.15. The third-order valence-corrected chi connectivity index (χ3v) is 2.54. The van der Waals surface area contributed by atoms with Crippen molar-refractivity contribution in [3.63, 3.8) is 0 Å². The van der Waals surface area contributed by atoms with Crippen LogP contribution in [-0.2, 0) is 0 Å². The maximum absolute atomic E-state index is 5.76. The second-order valence-electron chi connectivity index (χ2n) is 2.09. The second kappa shape index (κ2) is 3.66. The molecule has 3 heteroatoms. The zero-order valence-electron chi connectivity index (χ0n) is 5.87. The number of hydrogen-bond acceptors (Lipinski definition) is 0. The molecule has 0 N–H and O–H groups in total. The largest absolute Gasteiger partial charge is 0.0826 e. The van der Waals surface area contributed by atoms with Crippen LogP contribution in [0.2, 0.25) is 15.1 Å². The van der Waals surface area contributed by atoms with Crippen molar-refractivity contribution in [2.45, 2.75) is 6.92 Å². The minimum atomic E-state index is 0.416. The van der Waals surface area contributed by atoms with E-state index in [1.807, 2.05) is 13.3 Å². The average Bonchev–Trinajstić information content (AvgIpc) is 1.99. The topological polar surface area (TPSA) is 0 Å². The molecular weight excluding hydrogens is 202 g/mol. The molecular formula is C8H6Cl3. The van der Waals surface area contributed by atoms with Crippen molar-refractivity contribution in [2.24, 2.45) is 0 Å². The molecule has 1 aromatic carbocycles. The summed E-state index contributed by atoms with van der Waals surface area (Å²) in [5.41, 5.74) is 0.976. The highest BCUT2D eigenvalue weighted by molar-refractivity contribution is 6.48. The molecule has 0 saturated carbocycles. The van der Waals surface area contributed by atoms with Gasteiger partial charge in [0.25, 0.3) is 0 Å². The first-order valence-electron chi connectivity index (χ1n) is 3.09. The van der Waals surface area contributed by atoms with Crippen molar-refractivity contribution < 1.29 is 0 Å². The van der Waals surface area contributed by atoms with Crippen molar-refractivity contribution in [1.82, 2.24) is 0 Å². The third kappa shape index (κ3) is 2.02. The van der Waals surface area contributed by atoms with Crippen LogP contribution >= 0.6 is 34.8 Å². The van der Waals surface area contributed by atoms with E-state index in [0.29, 0.717) is 15.1 Å². The van der Waals surface area contributed by atoms with Gasteiger partial charge < -0.3 is 0 Å². The predicted octanol–water partition coefficient (Wildman–Crippen LogP) is 4.22. The first-order valence-corrected chi connectivity index (χ1v) is 4.22. The summed E-state index contributed by atoms with van der Waals surface area (Å²) in [6.45, 7) is 1.91. The van der Waals surface area contributed by atoms with Crippen LogP contribution in [0, 0.1) is 6.42 Å². The lowest BCUT2D eigenvalue weighted by Crippen LogP contribution is -1.79. The van der Waals surface area contributed by atoms with E-state index in [1.165, 1.54) is 0 Å². The Balaban J connectivity index is 3.21. The molecule has 0 aliphatic carbocycles. The van der Waals surface area contributed by atoms with E-state index in [4.69, 9.17) is 34.8 Å². The first kappa shape index (κ1) is 9.18. The lowest BCUT2D eigenvalue weighted by atomic mass is 10.2. The van der Waals surface area contributed by atoms with Crippen molar-refractivity contribution in [3.05, 3.63) is 39.2 Å². The van der Waals surface area contributed by atoms with Crippen LogP contribution in [0.25, 0.3) is 0 Å². The summed E-state index contributed by atoms with van der Waals surface area (Å²) in [4.78, 5) is 0. The smallest absolute Gasteiger partial charge is 0.0778 e. The Morgan fingerprint density at radius 2 is 1.55 bits per heavy atom. The minimum absolute atomic E-state index is 0.416. The van der Waals surface area contributed by atoms with Crippen LogP contribution in [0.4, 0.5) is 0 Å². The molecule has 11 heavy (non-hydrogen) atoms. The molecule has 0 nitrogen and oxygen atoms in total. The molecule has 0 saturated heterocycles. The Kier molecular flexibility index (Phi) is 3.06. The molecule has 0 heterocycles. The molecule has 1 radical (unpaired) electrons. The standard InChI is InChI=1S/C8H6Cl3/c1-2-5-3-6(9)8(11)7(10)4-5/h2-4H,1H3. The van der Waals surface area contributed by atoms with E-state index in [0.717, 1.165) is 5.56 Å². The SMILES string of the molecule is C[CH]c1cc(Cl)c(Cl)c(Cl)c1. The predicted molar refractivity (Wildman–Crippen MR) is 50.5 cm³/mol. The summed E-state index contributed by atoms with van der Waals surface area (Å²) in [6.07, 6.45) is 1.91. The summed E-state index contributed by atoms with van der Waals surface area (Å²) >= 11 is 17.3. The third-order valence-electron chi connectivity index (χ3n) is 1.34. The van der Waals surface area contributed by atoms with Gasteiger partial charge in [0, 0.05) is 0 Å². The van der Waals surface area contributed by atoms with Crippen LogP contribution in [0.1, 0.15) is 12.5 Å². The monoisotopic (exact) mass is 207 g/mol. The van der Waals surface area contributed by atoms with Crippen LogP contribution in [-0.4, -0.2) is 0 Å². The summed E-state index contributed by atoms with van der Waals surface area (Å²) in [5, 5.41) is 1.40. The van der Waals surface area contributed by atoms with E-state index in [1.54, 1.807) is 12.1 Å². The highest BCUT2D eigenvalue weighted by atomic mass is 35.5. The molecule has 59 valence electrons. The normalized spacial score (nSPS) is 10.2. The zero-order chi connectivity index (χ0) is 8.43. The van der Waals surface area contributed by atoms with Gasteiger partial charge >= 0.3 is 0 Å². The Morgan fingerprint density at radius 3 is 1.91 bits per heavy atom. The summed E-state index contributed by atoms with van der Waals surface area (Å²) in [7, 11) is 0. The van der Waals surface area contributed by atoms with Gasteiger partial charge in [0.05, 0.1) is 15.1 Å². The van der Waals surface area contributed by atoms with Crippen LogP contribution < -0.4 is 0 Å². The highest BCUT2D eigenvalue weighted by Gasteiger charge is 2.03. The maximum Gasteiger partial charge on any atom is 0.0778 e. The second-order valence-corrected chi connectivity index (χ2v) is 3.28. The van der Waals surface area contributed by atoms with Crippen molar-refractivity contribution in [2.75, 3.05) is 0 Å². The van der Waals surface area contributed by atoms with E-state index < -0.39 is 0 Å². The fourth-order valence-electron chi connectivity index (χ4n) is 0.742. The molecule has 0 aromatic heterocycles. The van der Waals surface area contributed by atoms with Crippen LogP contribution in [0.5, 0.6) is 0 Å². The van der Waals surface area contributed by atoms with E-state index in [9.17, 15) is 0 Å². The van der Waals surface area contributed by atoms with Gasteiger partial charge in [0.2, 0.25) is 0 Å². The Bertz CT molecular complexity index is 245. The Morgan fingerprint density at radius 1 is 1.09 bits per heavy atom. The van der Waals surface area contributed by atoms with Crippen molar-refractivity contribution in [1.29, 1.82) is 0 Å². The minimum Gasteiger partial charge on any atom is -0.0826 e. The number of rotatable bonds is 1. The fraction of sp³-hybridized carbons (Fsp3) is 0.125. The molecule has 0 unspecified atom stereocenters. The molecule has 0 bridgehead atoms. The molecule has 1 rings (SSSR count). The summed E-state index contributed by atoms with van der Waals surface area (Å²) in [5.74, 6) is 0. The quantitative estimate of drug-likeness (QED) is 0.606. The molecule has 0 fully saturated rings. The number of benzene rings is 1. The molecule has 0 atom stereocenters. The van der Waals surface area contributed by atoms with Gasteiger partial charge in [-0.25, -0.2) is 0 Å². The fourth-order valence-corrected chi connectivity index (χ4v) is 1.35. The van der Waals surface area contributed by atoms with Crippen LogP contribution in [0.3, 0.4) is 0 Å². The lowest BCUT2D eigenvalue weighted by Gasteiger charge is -2.01. The number of halogens is 3. The van der Waals surface area contributed by atoms with E-state index in [-0.39, 0.29) is 0 Å². The maximum atomic E-state index is 5.76. The highest BCUT2D eigenvalue weighted by Crippen LogP contribution is 2.31. The molecule has 0 spiro atoms. The summed E-state index contributed by atoms with van der Waals surface area (Å²) in [6, 6.07) is 3.55. The average molecular weight is 208 g/mol. The van der Waals surface area contributed by atoms with Gasteiger partial charge in [-0.05, 0) is 24.1 Å². The van der Waals surface area contributed by atoms with Gasteiger partial charge in [-0.1, -0.05) is 41.7 Å². The van der Waals surface area contributed by atoms with Gasteiger partial charge in [0.15, 0.2) is 0 Å². The molecule has 0 aliphatic heterocycles. The molecule has 0 amide bonds. The Hall–Kier alpha value is 0.0900. The number of hydrogen-bond donors (Lipinski definition) is 0. The lowest BCUT2D eigenvalue weighted by molar-refractivity contribution is 1.42. The van der Waals surface area contributed by atoms with Gasteiger partial charge in [-0.2, -0.15) is 0 Å². The summed E-state index contributed by atoms with van der Waals surface area (Å²) < 4.78 is 0. The Labute approximate surface area is 81.1 Å². The van der Waals surface area contributed by atoms with Gasteiger partial charge in [-0.3, -0.25) is 0 Å². The molecule has 1 aromatic rings. The van der Waals surface area contributed by atoms with Gasteiger partial charge in [-0.15, -0.1) is 0 Å². The van der Waals surface area contributed by atoms with Crippen molar-refractivity contribution in [3.8, 4) is 0 Å².